The Morgan fingerprint density at radius 1 is 1.64 bits per heavy atom. The molecule has 1 aliphatic carbocycles. The predicted molar refractivity (Wildman–Crippen MR) is 41.4 cm³/mol. The molecule has 0 aromatic rings. The second-order valence-corrected chi connectivity index (χ2v) is 2.59. The molecular formula is C9H10FN. The summed E-state index contributed by atoms with van der Waals surface area (Å²) in [5, 5.41) is 8.48. The summed E-state index contributed by atoms with van der Waals surface area (Å²) in [7, 11) is 0. The van der Waals surface area contributed by atoms with Crippen LogP contribution in [0.1, 0.15) is 26.2 Å². The van der Waals surface area contributed by atoms with E-state index in [0.29, 0.717) is 6.42 Å². The molecule has 1 rings (SSSR count). The van der Waals surface area contributed by atoms with E-state index in [2.05, 4.69) is 0 Å². The van der Waals surface area contributed by atoms with Gasteiger partial charge in [-0.25, -0.2) is 4.39 Å². The molecule has 58 valence electrons. The maximum Gasteiger partial charge on any atom is 0.118 e. The Balaban J connectivity index is 2.89. The quantitative estimate of drug-likeness (QED) is 0.565. The normalized spacial score (nSPS) is 17.7. The molecular weight excluding hydrogens is 141 g/mol. The summed E-state index contributed by atoms with van der Waals surface area (Å²) in [5.74, 6) is -0.260. The largest absolute Gasteiger partial charge is 0.210 e. The Hall–Kier alpha value is -1.10. The summed E-state index contributed by atoms with van der Waals surface area (Å²) in [6, 6.07) is 1.85. The van der Waals surface area contributed by atoms with Gasteiger partial charge < -0.3 is 0 Å². The third-order valence-corrected chi connectivity index (χ3v) is 1.88. The summed E-state index contributed by atoms with van der Waals surface area (Å²) < 4.78 is 12.8. The summed E-state index contributed by atoms with van der Waals surface area (Å²) >= 11 is 0. The van der Waals surface area contributed by atoms with Crippen LogP contribution in [0.2, 0.25) is 0 Å². The van der Waals surface area contributed by atoms with Crippen molar-refractivity contribution >= 4 is 0 Å². The van der Waals surface area contributed by atoms with Crippen molar-refractivity contribution in [2.75, 3.05) is 0 Å². The Morgan fingerprint density at radius 3 is 2.91 bits per heavy atom. The first-order valence-corrected chi connectivity index (χ1v) is 3.76. The Bertz CT molecular complexity index is 255. The molecule has 0 saturated heterocycles. The van der Waals surface area contributed by atoms with E-state index in [-0.39, 0.29) is 11.4 Å². The summed E-state index contributed by atoms with van der Waals surface area (Å²) in [4.78, 5) is 0. The van der Waals surface area contributed by atoms with E-state index in [9.17, 15) is 4.39 Å². The van der Waals surface area contributed by atoms with Crippen LogP contribution in [-0.2, 0) is 0 Å². The lowest BCUT2D eigenvalue weighted by molar-refractivity contribution is 0.573. The van der Waals surface area contributed by atoms with Crippen LogP contribution in [0.3, 0.4) is 0 Å². The lowest BCUT2D eigenvalue weighted by atomic mass is 9.97. The van der Waals surface area contributed by atoms with Gasteiger partial charge in [-0.1, -0.05) is 12.5 Å². The maximum absolute atomic E-state index is 12.8. The van der Waals surface area contributed by atoms with Crippen LogP contribution in [0, 0.1) is 11.3 Å². The second kappa shape index (κ2) is 3.34. The van der Waals surface area contributed by atoms with Crippen LogP contribution < -0.4 is 0 Å². The minimum absolute atomic E-state index is 0.216. The molecule has 0 aromatic heterocycles. The third-order valence-electron chi connectivity index (χ3n) is 1.88. The van der Waals surface area contributed by atoms with Gasteiger partial charge in [-0.3, -0.25) is 0 Å². The van der Waals surface area contributed by atoms with Crippen molar-refractivity contribution in [3.63, 3.8) is 0 Å². The fourth-order valence-corrected chi connectivity index (χ4v) is 1.13. The minimum atomic E-state index is -0.260. The zero-order valence-electron chi connectivity index (χ0n) is 6.52. The summed E-state index contributed by atoms with van der Waals surface area (Å²) in [6.07, 6.45) is 3.76. The van der Waals surface area contributed by atoms with Gasteiger partial charge in [0.05, 0.1) is 5.57 Å². The van der Waals surface area contributed by atoms with Crippen molar-refractivity contribution in [2.24, 2.45) is 0 Å². The molecule has 0 atom stereocenters. The van der Waals surface area contributed by atoms with Gasteiger partial charge in [0.15, 0.2) is 0 Å². The number of nitrogens with zero attached hydrogens (tertiary/aromatic N) is 1. The lowest BCUT2D eigenvalue weighted by Crippen LogP contribution is -1.94. The molecule has 0 fully saturated rings. The number of hydrogen-bond acceptors (Lipinski definition) is 1. The monoisotopic (exact) mass is 151 g/mol. The van der Waals surface area contributed by atoms with Gasteiger partial charge in [0, 0.05) is 6.42 Å². The molecule has 1 nitrogen and oxygen atoms in total. The summed E-state index contributed by atoms with van der Waals surface area (Å²) in [5.41, 5.74) is 1.39. The number of allylic oxidation sites excluding steroid dienone is 4. The molecule has 0 aliphatic heterocycles. The van der Waals surface area contributed by atoms with Crippen LogP contribution in [0.5, 0.6) is 0 Å². The van der Waals surface area contributed by atoms with E-state index in [0.717, 1.165) is 12.8 Å². The average Bonchev–Trinajstić information content (AvgIpc) is 2.05. The number of nitriles is 1. The summed E-state index contributed by atoms with van der Waals surface area (Å²) in [6.45, 7) is 2.02. The van der Waals surface area contributed by atoms with Gasteiger partial charge in [0.25, 0.3) is 0 Å². The molecule has 0 aromatic carbocycles. The van der Waals surface area contributed by atoms with E-state index >= 15 is 0 Å². The lowest BCUT2D eigenvalue weighted by Gasteiger charge is -2.09. The van der Waals surface area contributed by atoms with E-state index < -0.39 is 0 Å². The first-order chi connectivity index (χ1) is 5.27. The first-order valence-electron chi connectivity index (χ1n) is 3.76. The van der Waals surface area contributed by atoms with Crippen molar-refractivity contribution < 1.29 is 4.39 Å². The van der Waals surface area contributed by atoms with Crippen LogP contribution in [0.15, 0.2) is 23.0 Å². The molecule has 0 heterocycles. The first kappa shape index (κ1) is 8.00. The molecule has 1 aliphatic rings. The van der Waals surface area contributed by atoms with Gasteiger partial charge in [-0.2, -0.15) is 5.26 Å². The Morgan fingerprint density at radius 2 is 2.36 bits per heavy atom. The smallest absolute Gasteiger partial charge is 0.118 e. The van der Waals surface area contributed by atoms with E-state index in [1.165, 1.54) is 5.57 Å². The Labute approximate surface area is 65.8 Å². The standard InChI is InChI=1S/C9H10FN/c1-2-7-3-4-9(10)8(5-7)6-11/h5H,2-4H2,1H3. The average molecular weight is 151 g/mol. The number of hydrogen-bond donors (Lipinski definition) is 0. The van der Waals surface area contributed by atoms with E-state index in [4.69, 9.17) is 5.26 Å². The fourth-order valence-electron chi connectivity index (χ4n) is 1.13. The highest BCUT2D eigenvalue weighted by molar-refractivity contribution is 5.40. The van der Waals surface area contributed by atoms with Crippen molar-refractivity contribution in [3.8, 4) is 6.07 Å². The van der Waals surface area contributed by atoms with Gasteiger partial charge >= 0.3 is 0 Å². The molecule has 2 heteroatoms. The predicted octanol–water partition coefficient (Wildman–Crippen LogP) is 2.86. The van der Waals surface area contributed by atoms with Crippen LogP contribution in [0.25, 0.3) is 0 Å². The SMILES string of the molecule is CCC1=CC(C#N)=C(F)CC1. The second-order valence-electron chi connectivity index (χ2n) is 2.59. The van der Waals surface area contributed by atoms with Gasteiger partial charge in [-0.05, 0) is 18.9 Å². The molecule has 0 unspecified atom stereocenters. The van der Waals surface area contributed by atoms with Crippen molar-refractivity contribution in [3.05, 3.63) is 23.0 Å². The zero-order chi connectivity index (χ0) is 8.27. The highest BCUT2D eigenvalue weighted by Crippen LogP contribution is 2.25. The molecule has 11 heavy (non-hydrogen) atoms. The highest BCUT2D eigenvalue weighted by atomic mass is 19.1. The van der Waals surface area contributed by atoms with Gasteiger partial charge in [0.2, 0.25) is 0 Å². The van der Waals surface area contributed by atoms with E-state index in [1.807, 2.05) is 13.0 Å². The van der Waals surface area contributed by atoms with Gasteiger partial charge in [0.1, 0.15) is 11.9 Å². The molecule has 0 bridgehead atoms. The minimum Gasteiger partial charge on any atom is -0.210 e. The van der Waals surface area contributed by atoms with Crippen LogP contribution in [0.4, 0.5) is 4.39 Å². The van der Waals surface area contributed by atoms with Crippen molar-refractivity contribution in [1.82, 2.24) is 0 Å². The van der Waals surface area contributed by atoms with Crippen LogP contribution in [-0.4, -0.2) is 0 Å². The number of rotatable bonds is 1. The third kappa shape index (κ3) is 1.68. The molecule has 0 spiro atoms. The van der Waals surface area contributed by atoms with Gasteiger partial charge in [-0.15, -0.1) is 0 Å². The van der Waals surface area contributed by atoms with E-state index in [1.54, 1.807) is 6.08 Å². The Kier molecular flexibility index (Phi) is 2.43. The topological polar surface area (TPSA) is 23.8 Å². The maximum atomic E-state index is 12.8. The van der Waals surface area contributed by atoms with Crippen molar-refractivity contribution in [2.45, 2.75) is 26.2 Å². The molecule has 0 saturated carbocycles. The number of halogens is 1. The fraction of sp³-hybridized carbons (Fsp3) is 0.444. The van der Waals surface area contributed by atoms with Crippen LogP contribution >= 0.6 is 0 Å². The molecule has 0 radical (unpaired) electrons. The molecule has 0 amide bonds. The van der Waals surface area contributed by atoms with Crippen molar-refractivity contribution in [1.29, 1.82) is 5.26 Å². The molecule has 0 N–H and O–H groups in total. The highest BCUT2D eigenvalue weighted by Gasteiger charge is 2.11. The zero-order valence-corrected chi connectivity index (χ0v) is 6.52.